The van der Waals surface area contributed by atoms with Crippen molar-refractivity contribution in [3.63, 3.8) is 0 Å². The summed E-state index contributed by atoms with van der Waals surface area (Å²) in [6, 6.07) is 9.04. The summed E-state index contributed by atoms with van der Waals surface area (Å²) in [7, 11) is 1.54. The molecule has 2 N–H and O–H groups in total. The molecule has 0 bridgehead atoms. The zero-order valence-corrected chi connectivity index (χ0v) is 13.9. The van der Waals surface area contributed by atoms with Gasteiger partial charge in [-0.1, -0.05) is 6.07 Å². The van der Waals surface area contributed by atoms with Crippen LogP contribution in [0.2, 0.25) is 0 Å². The van der Waals surface area contributed by atoms with Crippen molar-refractivity contribution in [2.75, 3.05) is 12.4 Å². The van der Waals surface area contributed by atoms with Crippen LogP contribution in [0.3, 0.4) is 0 Å². The Bertz CT molecular complexity index is 813. The van der Waals surface area contributed by atoms with Crippen molar-refractivity contribution in [2.24, 2.45) is 0 Å². The van der Waals surface area contributed by atoms with Gasteiger partial charge in [-0.3, -0.25) is 4.79 Å². The van der Waals surface area contributed by atoms with Crippen LogP contribution in [0.5, 0.6) is 5.75 Å². The van der Waals surface area contributed by atoms with Gasteiger partial charge in [-0.25, -0.2) is 4.98 Å². The number of amides is 1. The van der Waals surface area contributed by atoms with Crippen LogP contribution < -0.4 is 10.1 Å². The number of hydrogen-bond donors (Lipinski definition) is 2. The standard InChI is InChI=1S/C16H14N2O3S2/c1-21-13-5-4-11(7-10(13)8-19)17-15(20)12-9-23-16(18-12)14-3-2-6-22-14/h2-7,9,19H,8H2,1H3,(H,17,20). The fourth-order valence-electron chi connectivity index (χ4n) is 2.07. The molecule has 1 amide bonds. The zero-order chi connectivity index (χ0) is 16.2. The first-order valence-electron chi connectivity index (χ1n) is 6.80. The fourth-order valence-corrected chi connectivity index (χ4v) is 3.68. The second-order valence-corrected chi connectivity index (χ2v) is 6.46. The van der Waals surface area contributed by atoms with Gasteiger partial charge in [0.05, 0.1) is 18.6 Å². The van der Waals surface area contributed by atoms with E-state index >= 15 is 0 Å². The van der Waals surface area contributed by atoms with Crippen LogP contribution in [0, 0.1) is 0 Å². The molecule has 23 heavy (non-hydrogen) atoms. The normalized spacial score (nSPS) is 10.5. The molecule has 3 aromatic rings. The van der Waals surface area contributed by atoms with Gasteiger partial charge in [0, 0.05) is 16.6 Å². The van der Waals surface area contributed by atoms with Crippen LogP contribution in [0.25, 0.3) is 9.88 Å². The summed E-state index contributed by atoms with van der Waals surface area (Å²) in [6.45, 7) is -0.161. The van der Waals surface area contributed by atoms with E-state index in [0.717, 1.165) is 9.88 Å². The van der Waals surface area contributed by atoms with Gasteiger partial charge in [-0.05, 0) is 29.6 Å². The predicted molar refractivity (Wildman–Crippen MR) is 92.3 cm³/mol. The van der Waals surface area contributed by atoms with Gasteiger partial charge in [0.25, 0.3) is 5.91 Å². The van der Waals surface area contributed by atoms with Gasteiger partial charge in [-0.15, -0.1) is 22.7 Å². The highest BCUT2D eigenvalue weighted by Gasteiger charge is 2.13. The number of hydrogen-bond acceptors (Lipinski definition) is 6. The summed E-state index contributed by atoms with van der Waals surface area (Å²) in [6.07, 6.45) is 0. The number of nitrogens with zero attached hydrogens (tertiary/aromatic N) is 1. The molecule has 0 fully saturated rings. The lowest BCUT2D eigenvalue weighted by molar-refractivity contribution is 0.102. The Balaban J connectivity index is 1.77. The average Bonchev–Trinajstić information content (AvgIpc) is 3.25. The molecule has 2 aromatic heterocycles. The van der Waals surface area contributed by atoms with E-state index in [1.165, 1.54) is 18.4 Å². The number of methoxy groups -OCH3 is 1. The van der Waals surface area contributed by atoms with E-state index in [0.29, 0.717) is 22.7 Å². The van der Waals surface area contributed by atoms with Crippen molar-refractivity contribution in [3.05, 3.63) is 52.3 Å². The minimum Gasteiger partial charge on any atom is -0.496 e. The summed E-state index contributed by atoms with van der Waals surface area (Å²) >= 11 is 3.03. The van der Waals surface area contributed by atoms with Gasteiger partial charge < -0.3 is 15.2 Å². The maximum Gasteiger partial charge on any atom is 0.275 e. The van der Waals surface area contributed by atoms with Crippen LogP contribution in [0.1, 0.15) is 16.1 Å². The highest BCUT2D eigenvalue weighted by Crippen LogP contribution is 2.28. The Labute approximate surface area is 141 Å². The molecule has 5 nitrogen and oxygen atoms in total. The minimum absolute atomic E-state index is 0.161. The van der Waals surface area contributed by atoms with Gasteiger partial charge in [-0.2, -0.15) is 0 Å². The highest BCUT2D eigenvalue weighted by molar-refractivity contribution is 7.20. The monoisotopic (exact) mass is 346 g/mol. The molecule has 118 valence electrons. The van der Waals surface area contributed by atoms with E-state index in [4.69, 9.17) is 4.74 Å². The number of anilines is 1. The molecule has 0 saturated carbocycles. The lowest BCUT2D eigenvalue weighted by Gasteiger charge is -2.09. The third kappa shape index (κ3) is 3.42. The van der Waals surface area contributed by atoms with Gasteiger partial charge >= 0.3 is 0 Å². The first kappa shape index (κ1) is 15.7. The quantitative estimate of drug-likeness (QED) is 0.740. The van der Waals surface area contributed by atoms with E-state index in [-0.39, 0.29) is 12.5 Å². The van der Waals surface area contributed by atoms with E-state index in [1.807, 2.05) is 17.5 Å². The Morgan fingerprint density at radius 1 is 1.35 bits per heavy atom. The molecular weight excluding hydrogens is 332 g/mol. The molecule has 7 heteroatoms. The molecule has 0 spiro atoms. The number of carbonyl (C=O) groups is 1. The minimum atomic E-state index is -0.280. The number of ether oxygens (including phenoxy) is 1. The van der Waals surface area contributed by atoms with Crippen molar-refractivity contribution >= 4 is 34.3 Å². The van der Waals surface area contributed by atoms with Crippen molar-refractivity contribution in [1.82, 2.24) is 4.98 Å². The topological polar surface area (TPSA) is 71.5 Å². The summed E-state index contributed by atoms with van der Waals surface area (Å²) in [5.74, 6) is 0.303. The Kier molecular flexibility index (Phi) is 4.71. The van der Waals surface area contributed by atoms with Crippen molar-refractivity contribution in [3.8, 4) is 15.6 Å². The number of carbonyl (C=O) groups excluding carboxylic acids is 1. The van der Waals surface area contributed by atoms with Crippen LogP contribution >= 0.6 is 22.7 Å². The molecule has 0 atom stereocenters. The molecule has 0 aliphatic rings. The molecule has 0 aliphatic carbocycles. The van der Waals surface area contributed by atoms with Crippen LogP contribution in [-0.4, -0.2) is 23.1 Å². The first-order valence-corrected chi connectivity index (χ1v) is 8.55. The van der Waals surface area contributed by atoms with Crippen LogP contribution in [0.4, 0.5) is 5.69 Å². The van der Waals surface area contributed by atoms with Gasteiger partial charge in [0.2, 0.25) is 0 Å². The number of rotatable bonds is 5. The predicted octanol–water partition coefficient (Wildman–Crippen LogP) is 3.62. The van der Waals surface area contributed by atoms with Crippen LogP contribution in [0.15, 0.2) is 41.1 Å². The first-order chi connectivity index (χ1) is 11.2. The number of thiazole rings is 1. The molecular formula is C16H14N2O3S2. The number of aliphatic hydroxyl groups excluding tert-OH is 1. The average molecular weight is 346 g/mol. The smallest absolute Gasteiger partial charge is 0.275 e. The molecule has 1 aromatic carbocycles. The van der Waals surface area contributed by atoms with E-state index in [9.17, 15) is 9.90 Å². The number of benzene rings is 1. The molecule has 2 heterocycles. The largest absolute Gasteiger partial charge is 0.496 e. The Morgan fingerprint density at radius 2 is 2.22 bits per heavy atom. The second kappa shape index (κ2) is 6.91. The SMILES string of the molecule is COc1ccc(NC(=O)c2csc(-c3cccs3)n2)cc1CO. The van der Waals surface area contributed by atoms with E-state index < -0.39 is 0 Å². The lowest BCUT2D eigenvalue weighted by atomic mass is 10.2. The third-order valence-corrected chi connectivity index (χ3v) is 5.06. The van der Waals surface area contributed by atoms with Gasteiger partial charge in [0.1, 0.15) is 16.5 Å². The second-order valence-electron chi connectivity index (χ2n) is 4.65. The number of nitrogens with one attached hydrogen (secondary N) is 1. The summed E-state index contributed by atoms with van der Waals surface area (Å²) in [5, 5.41) is 16.7. The number of aliphatic hydroxyl groups is 1. The van der Waals surface area contributed by atoms with E-state index in [2.05, 4.69) is 10.3 Å². The summed E-state index contributed by atoms with van der Waals surface area (Å²) in [4.78, 5) is 17.7. The highest BCUT2D eigenvalue weighted by atomic mass is 32.1. The maximum atomic E-state index is 12.3. The molecule has 3 rings (SSSR count). The molecule has 0 saturated heterocycles. The van der Waals surface area contributed by atoms with Crippen molar-refractivity contribution in [1.29, 1.82) is 0 Å². The van der Waals surface area contributed by atoms with E-state index in [1.54, 1.807) is 34.9 Å². The number of thiophene rings is 1. The van der Waals surface area contributed by atoms with Crippen LogP contribution in [-0.2, 0) is 6.61 Å². The molecule has 0 unspecified atom stereocenters. The number of aromatic nitrogens is 1. The Morgan fingerprint density at radius 3 is 2.91 bits per heavy atom. The molecule has 0 radical (unpaired) electrons. The lowest BCUT2D eigenvalue weighted by Crippen LogP contribution is -2.12. The summed E-state index contributed by atoms with van der Waals surface area (Å²) < 4.78 is 5.14. The fraction of sp³-hybridized carbons (Fsp3) is 0.125. The third-order valence-electron chi connectivity index (χ3n) is 3.18. The summed E-state index contributed by atoms with van der Waals surface area (Å²) in [5.41, 5.74) is 1.58. The van der Waals surface area contributed by atoms with Crippen molar-refractivity contribution < 1.29 is 14.6 Å². The zero-order valence-electron chi connectivity index (χ0n) is 12.3. The van der Waals surface area contributed by atoms with Gasteiger partial charge in [0.15, 0.2) is 0 Å². The molecule has 0 aliphatic heterocycles. The Hall–Kier alpha value is -2.22. The van der Waals surface area contributed by atoms with Crippen molar-refractivity contribution in [2.45, 2.75) is 6.61 Å². The maximum absolute atomic E-state index is 12.3.